The topological polar surface area (TPSA) is 75.7 Å². The van der Waals surface area contributed by atoms with Gasteiger partial charge in [0.25, 0.3) is 5.91 Å². The summed E-state index contributed by atoms with van der Waals surface area (Å²) in [5.41, 5.74) is 0.769. The molecule has 0 saturated heterocycles. The highest BCUT2D eigenvalue weighted by Crippen LogP contribution is 2.29. The summed E-state index contributed by atoms with van der Waals surface area (Å²) in [7, 11) is 0.746. The van der Waals surface area contributed by atoms with Crippen LogP contribution in [-0.2, 0) is 10.0 Å². The molecule has 0 aliphatic rings. The van der Waals surface area contributed by atoms with Crippen molar-refractivity contribution in [3.05, 3.63) is 48.0 Å². The Morgan fingerprint density at radius 2 is 1.76 bits per heavy atom. The van der Waals surface area contributed by atoms with Crippen molar-refractivity contribution in [1.82, 2.24) is 4.31 Å². The molecule has 1 N–H and O–H groups in total. The van der Waals surface area contributed by atoms with E-state index in [-0.39, 0.29) is 10.8 Å². The van der Waals surface area contributed by atoms with Crippen LogP contribution in [0, 0.1) is 0 Å². The molecule has 0 atom stereocenters. The number of nitrogens with one attached hydrogen (secondary N) is 1. The number of sulfonamides is 1. The first-order valence-electron chi connectivity index (χ1n) is 7.35. The lowest BCUT2D eigenvalue weighted by molar-refractivity contribution is 0.102. The minimum atomic E-state index is -3.61. The van der Waals surface area contributed by atoms with Gasteiger partial charge in [0, 0.05) is 24.6 Å². The zero-order valence-electron chi connectivity index (χ0n) is 14.4. The van der Waals surface area contributed by atoms with Crippen molar-refractivity contribution in [2.75, 3.05) is 32.8 Å². The van der Waals surface area contributed by atoms with E-state index in [1.54, 1.807) is 23.9 Å². The van der Waals surface area contributed by atoms with E-state index in [2.05, 4.69) is 5.32 Å². The third-order valence-corrected chi connectivity index (χ3v) is 6.10. The number of anilines is 1. The van der Waals surface area contributed by atoms with Crippen LogP contribution in [0.2, 0.25) is 0 Å². The first-order chi connectivity index (χ1) is 11.8. The molecule has 0 heterocycles. The molecule has 2 rings (SSSR count). The molecule has 0 aliphatic carbocycles. The van der Waals surface area contributed by atoms with E-state index in [4.69, 9.17) is 4.74 Å². The van der Waals surface area contributed by atoms with E-state index >= 15 is 0 Å². The fourth-order valence-electron chi connectivity index (χ4n) is 2.09. The molecule has 0 fully saturated rings. The molecular weight excluding hydrogens is 360 g/mol. The lowest BCUT2D eigenvalue weighted by atomic mass is 10.2. The van der Waals surface area contributed by atoms with Crippen LogP contribution in [0.4, 0.5) is 5.69 Å². The average Bonchev–Trinajstić information content (AvgIpc) is 2.61. The molecule has 0 spiro atoms. The maximum absolute atomic E-state index is 12.4. The minimum absolute atomic E-state index is 0.0753. The molecule has 2 aromatic carbocycles. The van der Waals surface area contributed by atoms with E-state index in [0.717, 1.165) is 9.20 Å². The number of rotatable bonds is 6. The molecule has 2 aromatic rings. The van der Waals surface area contributed by atoms with Crippen molar-refractivity contribution in [3.8, 4) is 5.75 Å². The maximum atomic E-state index is 12.4. The van der Waals surface area contributed by atoms with Gasteiger partial charge in [0.05, 0.1) is 17.7 Å². The highest BCUT2D eigenvalue weighted by Gasteiger charge is 2.20. The van der Waals surface area contributed by atoms with Gasteiger partial charge in [-0.1, -0.05) is 0 Å². The Kier molecular flexibility index (Phi) is 6.10. The van der Waals surface area contributed by atoms with Gasteiger partial charge in [-0.05, 0) is 48.7 Å². The van der Waals surface area contributed by atoms with Crippen molar-refractivity contribution >= 4 is 33.4 Å². The Morgan fingerprint density at radius 3 is 2.28 bits per heavy atom. The second-order valence-electron chi connectivity index (χ2n) is 5.33. The Hall–Kier alpha value is -2.03. The zero-order chi connectivity index (χ0) is 18.6. The Morgan fingerprint density at radius 1 is 1.12 bits per heavy atom. The lowest BCUT2D eigenvalue weighted by Crippen LogP contribution is -2.22. The summed E-state index contributed by atoms with van der Waals surface area (Å²) in [6, 6.07) is 11.5. The molecule has 0 aliphatic heterocycles. The molecule has 25 heavy (non-hydrogen) atoms. The summed E-state index contributed by atoms with van der Waals surface area (Å²) in [6.45, 7) is 0. The van der Waals surface area contributed by atoms with Crippen molar-refractivity contribution < 1.29 is 17.9 Å². The van der Waals surface area contributed by atoms with Gasteiger partial charge in [0.15, 0.2) is 0 Å². The van der Waals surface area contributed by atoms with Crippen LogP contribution in [0.15, 0.2) is 52.3 Å². The van der Waals surface area contributed by atoms with Crippen molar-refractivity contribution in [2.45, 2.75) is 9.79 Å². The predicted octanol–water partition coefficient (Wildman–Crippen LogP) is 2.92. The van der Waals surface area contributed by atoms with Crippen LogP contribution in [0.5, 0.6) is 5.75 Å². The Bertz CT molecular complexity index is 863. The smallest absolute Gasteiger partial charge is 0.255 e. The number of amides is 1. The van der Waals surface area contributed by atoms with Crippen LogP contribution < -0.4 is 10.1 Å². The number of thioether (sulfide) groups is 1. The summed E-state index contributed by atoms with van der Waals surface area (Å²) < 4.78 is 30.9. The van der Waals surface area contributed by atoms with Crippen LogP contribution in [0.25, 0.3) is 0 Å². The van der Waals surface area contributed by atoms with E-state index in [9.17, 15) is 13.2 Å². The summed E-state index contributed by atoms with van der Waals surface area (Å²) in [4.78, 5) is 13.6. The van der Waals surface area contributed by atoms with Gasteiger partial charge >= 0.3 is 0 Å². The standard InChI is InChI=1S/C17H20N2O4S2/c1-19(2)25(21,22)14-9-10-16(23-3)15(11-14)18-17(20)12-5-7-13(24-4)8-6-12/h5-11H,1-4H3,(H,18,20). The fraction of sp³-hybridized carbons (Fsp3) is 0.235. The molecular formula is C17H20N2O4S2. The lowest BCUT2D eigenvalue weighted by Gasteiger charge is -2.15. The van der Waals surface area contributed by atoms with Crippen LogP contribution >= 0.6 is 11.8 Å². The zero-order valence-corrected chi connectivity index (χ0v) is 16.1. The quantitative estimate of drug-likeness (QED) is 0.780. The largest absolute Gasteiger partial charge is 0.495 e. The summed E-state index contributed by atoms with van der Waals surface area (Å²) in [5.74, 6) is 0.0390. The minimum Gasteiger partial charge on any atom is -0.495 e. The average molecular weight is 380 g/mol. The number of carbonyl (C=O) groups excluding carboxylic acids is 1. The normalized spacial score (nSPS) is 11.4. The van der Waals surface area contributed by atoms with E-state index in [1.807, 2.05) is 18.4 Å². The van der Waals surface area contributed by atoms with Crippen molar-refractivity contribution in [2.24, 2.45) is 0 Å². The van der Waals surface area contributed by atoms with Gasteiger partial charge in [0.1, 0.15) is 5.75 Å². The number of hydrogen-bond acceptors (Lipinski definition) is 5. The first kappa shape index (κ1) is 19.3. The van der Waals surface area contributed by atoms with Gasteiger partial charge in [-0.2, -0.15) is 0 Å². The highest BCUT2D eigenvalue weighted by atomic mass is 32.2. The van der Waals surface area contributed by atoms with Crippen molar-refractivity contribution in [3.63, 3.8) is 0 Å². The summed E-state index contributed by atoms with van der Waals surface area (Å²) in [5, 5.41) is 2.71. The predicted molar refractivity (Wildman–Crippen MR) is 100 cm³/mol. The molecule has 0 radical (unpaired) electrons. The maximum Gasteiger partial charge on any atom is 0.255 e. The highest BCUT2D eigenvalue weighted by molar-refractivity contribution is 7.98. The number of methoxy groups -OCH3 is 1. The number of ether oxygens (including phenoxy) is 1. The van der Waals surface area contributed by atoms with Gasteiger partial charge in [-0.25, -0.2) is 12.7 Å². The molecule has 134 valence electrons. The molecule has 0 bridgehead atoms. The van der Waals surface area contributed by atoms with Crippen LogP contribution in [0.3, 0.4) is 0 Å². The van der Waals surface area contributed by atoms with Crippen LogP contribution in [0.1, 0.15) is 10.4 Å². The van der Waals surface area contributed by atoms with Crippen molar-refractivity contribution in [1.29, 1.82) is 0 Å². The molecule has 6 nitrogen and oxygen atoms in total. The molecule has 1 amide bonds. The number of benzene rings is 2. The monoisotopic (exact) mass is 380 g/mol. The number of carbonyl (C=O) groups is 1. The van der Waals surface area contributed by atoms with Gasteiger partial charge in [-0.15, -0.1) is 11.8 Å². The first-order valence-corrected chi connectivity index (χ1v) is 10.0. The van der Waals surface area contributed by atoms with Gasteiger partial charge < -0.3 is 10.1 Å². The van der Waals surface area contributed by atoms with Gasteiger partial charge in [0.2, 0.25) is 10.0 Å². The number of nitrogens with zero attached hydrogens (tertiary/aromatic N) is 1. The second kappa shape index (κ2) is 7.90. The Labute approximate surface area is 152 Å². The Balaban J connectivity index is 2.35. The third-order valence-electron chi connectivity index (χ3n) is 3.55. The fourth-order valence-corrected chi connectivity index (χ4v) is 3.43. The number of hydrogen-bond donors (Lipinski definition) is 1. The summed E-state index contributed by atoms with van der Waals surface area (Å²) in [6.07, 6.45) is 1.95. The second-order valence-corrected chi connectivity index (χ2v) is 8.36. The molecule has 8 heteroatoms. The van der Waals surface area contributed by atoms with E-state index < -0.39 is 10.0 Å². The SMILES string of the molecule is COc1ccc(S(=O)(=O)N(C)C)cc1NC(=O)c1ccc(SC)cc1. The molecule has 0 aromatic heterocycles. The van der Waals surface area contributed by atoms with E-state index in [1.165, 1.54) is 39.4 Å². The van der Waals surface area contributed by atoms with Crippen LogP contribution in [-0.4, -0.2) is 46.1 Å². The molecule has 0 saturated carbocycles. The summed E-state index contributed by atoms with van der Waals surface area (Å²) >= 11 is 1.58. The molecule has 0 unspecified atom stereocenters. The van der Waals surface area contributed by atoms with E-state index in [0.29, 0.717) is 17.0 Å². The van der Waals surface area contributed by atoms with Gasteiger partial charge in [-0.3, -0.25) is 4.79 Å². The third kappa shape index (κ3) is 4.33.